The van der Waals surface area contributed by atoms with E-state index in [0.717, 1.165) is 52.2 Å². The molecule has 6 rings (SSSR count). The molecule has 0 fully saturated rings. The summed E-state index contributed by atoms with van der Waals surface area (Å²) in [6.45, 7) is 42.1. The molecule has 0 spiro atoms. The van der Waals surface area contributed by atoms with Gasteiger partial charge in [-0.25, -0.2) is 0 Å². The Kier molecular flexibility index (Phi) is 49.2. The monoisotopic (exact) mass is 1400 g/mol. The Morgan fingerprint density at radius 1 is 0.356 bits per heavy atom. The smallest absolute Gasteiger partial charge is 0.226 e. The lowest BCUT2D eigenvalue weighted by Crippen LogP contribution is -2.41. The van der Waals surface area contributed by atoms with E-state index in [0.29, 0.717) is 119 Å². The summed E-state index contributed by atoms with van der Waals surface area (Å²) in [5.41, 5.74) is 6.28. The molecule has 6 aromatic rings. The fraction of sp³-hybridized carbons (Fsp3) is 0.544. The van der Waals surface area contributed by atoms with Gasteiger partial charge in [0, 0.05) is 138 Å². The third-order valence-corrected chi connectivity index (χ3v) is 15.2. The number of aliphatic hydroxyl groups is 1. The molecule has 6 heterocycles. The summed E-state index contributed by atoms with van der Waals surface area (Å²) >= 11 is 0. The van der Waals surface area contributed by atoms with Crippen molar-refractivity contribution in [2.24, 2.45) is 52.3 Å². The molecule has 7 amide bonds. The average molecular weight is 1400 g/mol. The van der Waals surface area contributed by atoms with Crippen LogP contribution in [0.4, 0.5) is 0 Å². The molecule has 0 atom stereocenters. The lowest BCUT2D eigenvalue weighted by atomic mass is 9.80. The fourth-order valence-electron chi connectivity index (χ4n) is 7.93. The molecule has 0 aromatic carbocycles. The molecule has 22 heteroatoms. The van der Waals surface area contributed by atoms with Crippen LogP contribution in [0.2, 0.25) is 0 Å². The van der Waals surface area contributed by atoms with Crippen LogP contribution in [0.1, 0.15) is 196 Å². The van der Waals surface area contributed by atoms with Gasteiger partial charge in [0.25, 0.3) is 0 Å². The normalized spacial score (nSPS) is 10.7. The minimum Gasteiger partial charge on any atom is -0.395 e. The Hall–Kier alpha value is -8.92. The maximum atomic E-state index is 12.0. The van der Waals surface area contributed by atoms with Gasteiger partial charge in [0.1, 0.15) is 0 Å². The number of aryl methyl sites for hydroxylation is 1. The molecule has 0 saturated heterocycles. The maximum Gasteiger partial charge on any atom is 0.226 e. The molecule has 22 nitrogen and oxygen atoms in total. The molecule has 0 bridgehead atoms. The minimum absolute atomic E-state index is 0.0176. The average Bonchev–Trinajstić information content (AvgIpc) is 0.869. The van der Waals surface area contributed by atoms with E-state index >= 15 is 0 Å². The van der Waals surface area contributed by atoms with Gasteiger partial charge in [-0.2, -0.15) is 0 Å². The van der Waals surface area contributed by atoms with Crippen LogP contribution in [0.25, 0.3) is 0 Å². The van der Waals surface area contributed by atoms with Gasteiger partial charge in [-0.3, -0.25) is 68.4 Å². The zero-order chi connectivity index (χ0) is 76.2. The van der Waals surface area contributed by atoms with Crippen molar-refractivity contribution in [2.75, 3.05) is 26.2 Å². The van der Waals surface area contributed by atoms with Crippen molar-refractivity contribution < 1.29 is 38.7 Å². The molecule has 558 valence electrons. The fourth-order valence-corrected chi connectivity index (χ4v) is 7.93. The molecular formula is C79H124N14O8. The van der Waals surface area contributed by atoms with Gasteiger partial charge in [0.2, 0.25) is 41.4 Å². The standard InChI is InChI=1S/C14H22N2O.C13H20N2O.C12H18N2O.C11H17N3O.2C11H16N2O.C7H15NO2/c1-11(2)14(3,4)13(17)16-9-7-12-6-5-8-15-10-12;1-10(2)13(3,4)12(16)15-9-11-6-5-7-14-8-11;1-10(2)8-12(15)14-7-5-11-4-3-6-13-9-11;1-8(2)4-11(15)14-7-10-6-12-9(3)5-13-10;1-9(2)6-11(14)13-8-10-4-3-5-12-7-10;1-9(2)7-11(14)13-8-10-5-3-4-6-12-10;1-6(2)5-7(10)8-3-4-9/h5-6,8,10-11H,7,9H2,1-4H3,(H,16,17);5-8,10H,9H2,1-4H3,(H,15,16);3-4,6,9-10H,5,7-8H2,1-2H3,(H,14,15);5-6,8H,4,7H2,1-3H3,(H,14,15);3-5,7,9H,6,8H2,1-2H3,(H,13,14);3-6,9H,7-8H2,1-2H3,(H,13,14);6,9H,3-5H2,1-2H3,(H,8,10). The lowest BCUT2D eigenvalue weighted by Gasteiger charge is -2.27. The predicted molar refractivity (Wildman–Crippen MR) is 403 cm³/mol. The molecule has 6 aromatic heterocycles. The summed E-state index contributed by atoms with van der Waals surface area (Å²) in [7, 11) is 0. The molecule has 8 N–H and O–H groups in total. The Balaban J connectivity index is 0.00000116. The molecule has 0 aliphatic carbocycles. The van der Waals surface area contributed by atoms with Crippen molar-refractivity contribution in [2.45, 2.75) is 203 Å². The summed E-state index contributed by atoms with van der Waals surface area (Å²) < 4.78 is 0. The molecule has 0 saturated carbocycles. The van der Waals surface area contributed by atoms with Gasteiger partial charge in [-0.05, 0) is 120 Å². The highest BCUT2D eigenvalue weighted by Gasteiger charge is 2.31. The van der Waals surface area contributed by atoms with Crippen LogP contribution in [0, 0.1) is 59.2 Å². The van der Waals surface area contributed by atoms with Crippen molar-refractivity contribution in [3.05, 3.63) is 174 Å². The van der Waals surface area contributed by atoms with E-state index < -0.39 is 0 Å². The van der Waals surface area contributed by atoms with E-state index in [1.165, 1.54) is 0 Å². The second kappa shape index (κ2) is 53.9. The number of aliphatic hydroxyl groups excluding tert-OH is 1. The molecule has 101 heavy (non-hydrogen) atoms. The van der Waals surface area contributed by atoms with Crippen LogP contribution >= 0.6 is 0 Å². The van der Waals surface area contributed by atoms with Crippen LogP contribution in [-0.4, -0.2) is 108 Å². The van der Waals surface area contributed by atoms with Crippen molar-refractivity contribution in [3.63, 3.8) is 0 Å². The number of hydrogen-bond acceptors (Lipinski definition) is 15. The largest absolute Gasteiger partial charge is 0.395 e. The predicted octanol–water partition coefficient (Wildman–Crippen LogP) is 11.7. The summed E-state index contributed by atoms with van der Waals surface area (Å²) in [5.74, 6) is 3.27. The Labute approximate surface area is 604 Å². The van der Waals surface area contributed by atoms with E-state index in [-0.39, 0.29) is 58.8 Å². The number of pyridine rings is 5. The van der Waals surface area contributed by atoms with Crippen LogP contribution in [0.3, 0.4) is 0 Å². The van der Waals surface area contributed by atoms with Gasteiger partial charge in [-0.1, -0.05) is 155 Å². The van der Waals surface area contributed by atoms with Gasteiger partial charge >= 0.3 is 0 Å². The van der Waals surface area contributed by atoms with Gasteiger partial charge in [-0.15, -0.1) is 0 Å². The topological polar surface area (TPSA) is 314 Å². The Morgan fingerprint density at radius 3 is 1.04 bits per heavy atom. The highest BCUT2D eigenvalue weighted by molar-refractivity contribution is 5.82. The minimum atomic E-state index is -0.331. The number of aromatic nitrogens is 7. The summed E-state index contributed by atoms with van der Waals surface area (Å²) in [6.07, 6.45) is 23.8. The number of nitrogens with zero attached hydrogens (tertiary/aromatic N) is 7. The Bertz CT molecular complexity index is 3100. The second-order valence-electron chi connectivity index (χ2n) is 28.4. The number of amides is 7. The first-order chi connectivity index (χ1) is 47.7. The van der Waals surface area contributed by atoms with Gasteiger partial charge in [0.05, 0.1) is 43.0 Å². The third-order valence-electron chi connectivity index (χ3n) is 15.2. The van der Waals surface area contributed by atoms with Crippen molar-refractivity contribution in [1.29, 1.82) is 0 Å². The highest BCUT2D eigenvalue weighted by Crippen LogP contribution is 2.27. The van der Waals surface area contributed by atoms with Crippen molar-refractivity contribution in [1.82, 2.24) is 72.1 Å². The first-order valence-corrected chi connectivity index (χ1v) is 35.4. The lowest BCUT2D eigenvalue weighted by molar-refractivity contribution is -0.132. The molecule has 0 radical (unpaired) electrons. The number of hydrogen-bond donors (Lipinski definition) is 8. The molecule has 0 aliphatic heterocycles. The summed E-state index contributed by atoms with van der Waals surface area (Å²) in [5, 5.41) is 28.2. The number of carbonyl (C=O) groups is 7. The zero-order valence-corrected chi connectivity index (χ0v) is 64.3. The van der Waals surface area contributed by atoms with Crippen molar-refractivity contribution in [3.8, 4) is 0 Å². The van der Waals surface area contributed by atoms with Crippen LogP contribution in [-0.2, 0) is 72.6 Å². The number of carbonyl (C=O) groups excluding carboxylic acids is 7. The first kappa shape index (κ1) is 92.1. The maximum absolute atomic E-state index is 12.0. The van der Waals surface area contributed by atoms with Crippen molar-refractivity contribution >= 4 is 41.4 Å². The molecule has 0 unspecified atom stereocenters. The Morgan fingerprint density at radius 2 is 0.703 bits per heavy atom. The number of nitrogens with one attached hydrogen (secondary N) is 7. The molecule has 0 aliphatic rings. The van der Waals surface area contributed by atoms with Crippen LogP contribution in [0.15, 0.2) is 135 Å². The van der Waals surface area contributed by atoms with E-state index in [1.807, 2.05) is 183 Å². The van der Waals surface area contributed by atoms with E-state index in [1.54, 1.807) is 55.8 Å². The zero-order valence-electron chi connectivity index (χ0n) is 64.3. The van der Waals surface area contributed by atoms with E-state index in [4.69, 9.17) is 5.11 Å². The third kappa shape index (κ3) is 49.3. The van der Waals surface area contributed by atoms with E-state index in [2.05, 4.69) is 99.8 Å². The summed E-state index contributed by atoms with van der Waals surface area (Å²) in [4.78, 5) is 108. The number of rotatable bonds is 30. The SMILES string of the molecule is CC(C)C(C)(C)C(=O)NCCc1cccnc1.CC(C)C(C)(C)C(=O)NCc1cccnc1.CC(C)CC(=O)NCCO.CC(C)CC(=O)NCCc1cccnc1.CC(C)CC(=O)NCc1ccccn1.CC(C)CC(=O)NCc1cccnc1.Cc1cnc(CNC(=O)CC(C)C)cn1. The van der Waals surface area contributed by atoms with Gasteiger partial charge < -0.3 is 42.3 Å². The first-order valence-electron chi connectivity index (χ1n) is 35.4. The van der Waals surface area contributed by atoms with Gasteiger partial charge in [0.15, 0.2) is 0 Å². The second-order valence-corrected chi connectivity index (χ2v) is 28.4. The quantitative estimate of drug-likeness (QED) is 0.0208. The highest BCUT2D eigenvalue weighted by atomic mass is 16.3. The van der Waals surface area contributed by atoms with E-state index in [9.17, 15) is 33.6 Å². The van der Waals surface area contributed by atoms with Crippen LogP contribution in [0.5, 0.6) is 0 Å². The summed E-state index contributed by atoms with van der Waals surface area (Å²) in [6, 6.07) is 21.2. The van der Waals surface area contributed by atoms with Crippen LogP contribution < -0.4 is 37.2 Å². The molecular weight excluding hydrogens is 1270 g/mol.